The maximum Gasteiger partial charge on any atom is 0.157 e. The molecule has 0 aromatic carbocycles. The first kappa shape index (κ1) is 11.0. The second kappa shape index (κ2) is 4.97. The number of nitrogens with zero attached hydrogens (tertiary/aromatic N) is 2. The lowest BCUT2D eigenvalue weighted by Gasteiger charge is -2.15. The number of anilines is 2. The minimum Gasteiger partial charge on any atom is -0.394 e. The predicted molar refractivity (Wildman–Crippen MR) is 56.2 cm³/mol. The van der Waals surface area contributed by atoms with Crippen LogP contribution in [-0.4, -0.2) is 27.7 Å². The zero-order valence-corrected chi connectivity index (χ0v) is 8.62. The topological polar surface area (TPSA) is 84.1 Å². The summed E-state index contributed by atoms with van der Waals surface area (Å²) < 4.78 is 0. The van der Waals surface area contributed by atoms with Crippen LogP contribution in [0, 0.1) is 0 Å². The molecule has 1 aromatic rings. The minimum absolute atomic E-state index is 0.0254. The van der Waals surface area contributed by atoms with Gasteiger partial charge in [-0.05, 0) is 6.42 Å². The summed E-state index contributed by atoms with van der Waals surface area (Å²) in [5.74, 6) is 0.464. The molecule has 4 N–H and O–H groups in total. The highest BCUT2D eigenvalue weighted by molar-refractivity contribution is 6.32. The summed E-state index contributed by atoms with van der Waals surface area (Å²) in [6, 6.07) is -0.0664. The van der Waals surface area contributed by atoms with E-state index in [1.165, 1.54) is 6.33 Å². The third-order valence-corrected chi connectivity index (χ3v) is 2.19. The van der Waals surface area contributed by atoms with Crippen LogP contribution in [0.4, 0.5) is 11.5 Å². The number of hydrogen-bond acceptors (Lipinski definition) is 5. The average molecular weight is 217 g/mol. The summed E-state index contributed by atoms with van der Waals surface area (Å²) in [6.45, 7) is 1.98. The molecular formula is C8H13ClN4O. The molecule has 0 radical (unpaired) electrons. The van der Waals surface area contributed by atoms with E-state index in [1.807, 2.05) is 6.92 Å². The standard InChI is InChI=1S/C8H13ClN4O/c1-2-5(3-14)13-8-6(10)7(9)11-4-12-8/h4-5,14H,2-3,10H2,1H3,(H,11,12,13)/t5-/m0/s1. The Morgan fingerprint density at radius 1 is 1.64 bits per heavy atom. The highest BCUT2D eigenvalue weighted by Gasteiger charge is 2.09. The minimum atomic E-state index is -0.0664. The first-order valence-corrected chi connectivity index (χ1v) is 4.70. The van der Waals surface area contributed by atoms with Crippen molar-refractivity contribution in [3.63, 3.8) is 0 Å². The van der Waals surface area contributed by atoms with Crippen LogP contribution in [0.1, 0.15) is 13.3 Å². The Bertz CT molecular complexity index is 303. The van der Waals surface area contributed by atoms with Gasteiger partial charge in [-0.1, -0.05) is 18.5 Å². The fourth-order valence-electron chi connectivity index (χ4n) is 0.959. The number of aromatic nitrogens is 2. The second-order valence-electron chi connectivity index (χ2n) is 2.86. The van der Waals surface area contributed by atoms with Crippen molar-refractivity contribution in [2.24, 2.45) is 0 Å². The van der Waals surface area contributed by atoms with Crippen LogP contribution in [0.15, 0.2) is 6.33 Å². The molecule has 0 spiro atoms. The van der Waals surface area contributed by atoms with E-state index >= 15 is 0 Å². The van der Waals surface area contributed by atoms with Crippen molar-refractivity contribution in [1.29, 1.82) is 0 Å². The van der Waals surface area contributed by atoms with Crippen LogP contribution in [0.3, 0.4) is 0 Å². The van der Waals surface area contributed by atoms with Crippen molar-refractivity contribution < 1.29 is 5.11 Å². The fraction of sp³-hybridized carbons (Fsp3) is 0.500. The highest BCUT2D eigenvalue weighted by Crippen LogP contribution is 2.22. The van der Waals surface area contributed by atoms with Crippen LogP contribution in [-0.2, 0) is 0 Å². The molecule has 5 nitrogen and oxygen atoms in total. The van der Waals surface area contributed by atoms with Gasteiger partial charge in [0.05, 0.1) is 12.6 Å². The van der Waals surface area contributed by atoms with Crippen LogP contribution in [0.25, 0.3) is 0 Å². The van der Waals surface area contributed by atoms with Crippen molar-refractivity contribution in [3.05, 3.63) is 11.5 Å². The normalized spacial score (nSPS) is 12.5. The average Bonchev–Trinajstić information content (AvgIpc) is 2.20. The van der Waals surface area contributed by atoms with Crippen molar-refractivity contribution in [1.82, 2.24) is 9.97 Å². The summed E-state index contributed by atoms with van der Waals surface area (Å²) in [5.41, 5.74) is 5.95. The summed E-state index contributed by atoms with van der Waals surface area (Å²) in [7, 11) is 0. The zero-order chi connectivity index (χ0) is 10.6. The molecule has 0 aliphatic rings. The number of nitrogen functional groups attached to an aromatic ring is 1. The van der Waals surface area contributed by atoms with Crippen molar-refractivity contribution in [3.8, 4) is 0 Å². The summed E-state index contributed by atoms with van der Waals surface area (Å²) in [5, 5.41) is 12.2. The highest BCUT2D eigenvalue weighted by atomic mass is 35.5. The molecule has 1 rings (SSSR count). The van der Waals surface area contributed by atoms with E-state index in [0.29, 0.717) is 11.5 Å². The van der Waals surface area contributed by atoms with Crippen LogP contribution in [0.5, 0.6) is 0 Å². The van der Waals surface area contributed by atoms with E-state index in [2.05, 4.69) is 15.3 Å². The third kappa shape index (κ3) is 2.46. The van der Waals surface area contributed by atoms with E-state index in [-0.39, 0.29) is 17.8 Å². The van der Waals surface area contributed by atoms with E-state index in [1.54, 1.807) is 0 Å². The van der Waals surface area contributed by atoms with Crippen molar-refractivity contribution in [2.75, 3.05) is 17.7 Å². The molecule has 0 fully saturated rings. The summed E-state index contributed by atoms with van der Waals surface area (Å²) >= 11 is 5.71. The molecule has 0 bridgehead atoms. The van der Waals surface area contributed by atoms with E-state index in [4.69, 9.17) is 22.4 Å². The molecule has 0 aliphatic carbocycles. The lowest BCUT2D eigenvalue weighted by Crippen LogP contribution is -2.24. The van der Waals surface area contributed by atoms with Crippen molar-refractivity contribution in [2.45, 2.75) is 19.4 Å². The van der Waals surface area contributed by atoms with E-state index < -0.39 is 0 Å². The van der Waals surface area contributed by atoms with Crippen LogP contribution in [0.2, 0.25) is 5.15 Å². The number of nitrogens with one attached hydrogen (secondary N) is 1. The molecule has 1 atom stereocenters. The number of aliphatic hydroxyl groups excluding tert-OH is 1. The molecule has 0 saturated heterocycles. The molecule has 0 aliphatic heterocycles. The van der Waals surface area contributed by atoms with Crippen LogP contribution >= 0.6 is 11.6 Å². The van der Waals surface area contributed by atoms with Gasteiger partial charge in [0.15, 0.2) is 11.0 Å². The van der Waals surface area contributed by atoms with E-state index in [0.717, 1.165) is 6.42 Å². The molecule has 6 heteroatoms. The Balaban J connectivity index is 2.80. The van der Waals surface area contributed by atoms with Gasteiger partial charge >= 0.3 is 0 Å². The first-order valence-electron chi connectivity index (χ1n) is 4.32. The SMILES string of the molecule is CC[C@@H](CO)Nc1ncnc(Cl)c1N. The molecule has 0 saturated carbocycles. The van der Waals surface area contributed by atoms with Gasteiger partial charge in [0.25, 0.3) is 0 Å². The van der Waals surface area contributed by atoms with Gasteiger partial charge < -0.3 is 16.2 Å². The molecule has 0 amide bonds. The van der Waals surface area contributed by atoms with E-state index in [9.17, 15) is 0 Å². The number of hydrogen-bond donors (Lipinski definition) is 3. The zero-order valence-electron chi connectivity index (χ0n) is 7.87. The van der Waals surface area contributed by atoms with Gasteiger partial charge in [0.2, 0.25) is 0 Å². The Hall–Kier alpha value is -1.07. The quantitative estimate of drug-likeness (QED) is 0.652. The largest absolute Gasteiger partial charge is 0.394 e. The van der Waals surface area contributed by atoms with Crippen LogP contribution < -0.4 is 11.1 Å². The maximum atomic E-state index is 8.97. The summed E-state index contributed by atoms with van der Waals surface area (Å²) in [4.78, 5) is 7.66. The Morgan fingerprint density at radius 3 is 2.93 bits per heavy atom. The van der Waals surface area contributed by atoms with Gasteiger partial charge in [-0.25, -0.2) is 9.97 Å². The van der Waals surface area contributed by atoms with Gasteiger partial charge in [-0.15, -0.1) is 0 Å². The molecule has 1 heterocycles. The number of nitrogens with two attached hydrogens (primary N) is 1. The number of halogens is 1. The van der Waals surface area contributed by atoms with Crippen molar-refractivity contribution >= 4 is 23.1 Å². The van der Waals surface area contributed by atoms with Gasteiger partial charge in [-0.2, -0.15) is 0 Å². The molecule has 1 aromatic heterocycles. The third-order valence-electron chi connectivity index (χ3n) is 1.89. The second-order valence-corrected chi connectivity index (χ2v) is 3.22. The number of rotatable bonds is 4. The van der Waals surface area contributed by atoms with Gasteiger partial charge in [0, 0.05) is 0 Å². The smallest absolute Gasteiger partial charge is 0.157 e. The first-order chi connectivity index (χ1) is 6.69. The molecule has 78 valence electrons. The number of aliphatic hydroxyl groups is 1. The summed E-state index contributed by atoms with van der Waals surface area (Å²) in [6.07, 6.45) is 2.10. The lowest BCUT2D eigenvalue weighted by molar-refractivity contribution is 0.271. The Labute approximate surface area is 87.3 Å². The fourth-order valence-corrected chi connectivity index (χ4v) is 1.09. The molecule has 14 heavy (non-hydrogen) atoms. The Morgan fingerprint density at radius 2 is 2.36 bits per heavy atom. The lowest BCUT2D eigenvalue weighted by atomic mass is 10.2. The predicted octanol–water partition coefficient (Wildman–Crippen LogP) is 0.895. The Kier molecular flexibility index (Phi) is 3.91. The monoisotopic (exact) mass is 216 g/mol. The maximum absolute atomic E-state index is 8.97. The van der Waals surface area contributed by atoms with Gasteiger partial charge in [0.1, 0.15) is 12.0 Å². The van der Waals surface area contributed by atoms with Gasteiger partial charge in [-0.3, -0.25) is 0 Å². The molecule has 0 unspecified atom stereocenters. The molecular weight excluding hydrogens is 204 g/mol.